The van der Waals surface area contributed by atoms with Gasteiger partial charge in [-0.2, -0.15) is 5.10 Å². The van der Waals surface area contributed by atoms with Crippen LogP contribution in [-0.4, -0.2) is 44.2 Å². The van der Waals surface area contributed by atoms with Crippen LogP contribution >= 0.6 is 0 Å². The standard InChI is InChI=1S/C23H24N6O2/c1-16-13-24-22(25-14-16)31-20-6-3-5-18(12-20)11-19-8-10-29(15-17(19)2)23(30)27-21-7-4-9-26-28-21/h3-7,9,11-14,17H,8,10,15H2,1-2H3,(H,27,28,30). The molecule has 31 heavy (non-hydrogen) atoms. The molecule has 1 aromatic carbocycles. The zero-order valence-corrected chi connectivity index (χ0v) is 17.5. The first-order valence-corrected chi connectivity index (χ1v) is 10.2. The van der Waals surface area contributed by atoms with Gasteiger partial charge in [-0.3, -0.25) is 5.32 Å². The molecule has 1 aliphatic heterocycles. The van der Waals surface area contributed by atoms with E-state index in [1.165, 1.54) is 5.57 Å². The zero-order valence-electron chi connectivity index (χ0n) is 17.5. The number of hydrogen-bond donors (Lipinski definition) is 1. The topological polar surface area (TPSA) is 93.1 Å². The molecule has 0 saturated carbocycles. The predicted octanol–water partition coefficient (Wildman–Crippen LogP) is 4.32. The lowest BCUT2D eigenvalue weighted by Gasteiger charge is -2.33. The third kappa shape index (κ3) is 5.42. The van der Waals surface area contributed by atoms with E-state index in [0.717, 1.165) is 17.5 Å². The highest BCUT2D eigenvalue weighted by atomic mass is 16.5. The first kappa shape index (κ1) is 20.5. The molecule has 8 nitrogen and oxygen atoms in total. The number of anilines is 1. The Labute approximate surface area is 181 Å². The van der Waals surface area contributed by atoms with Crippen molar-refractivity contribution in [2.75, 3.05) is 18.4 Å². The van der Waals surface area contributed by atoms with E-state index in [1.807, 2.05) is 36.1 Å². The summed E-state index contributed by atoms with van der Waals surface area (Å²) in [6.45, 7) is 5.36. The third-order valence-corrected chi connectivity index (χ3v) is 5.07. The maximum atomic E-state index is 12.5. The van der Waals surface area contributed by atoms with Crippen LogP contribution in [0.15, 0.2) is 60.6 Å². The molecule has 2 amide bonds. The molecule has 1 atom stereocenters. The van der Waals surface area contributed by atoms with Gasteiger partial charge in [-0.1, -0.05) is 30.7 Å². The maximum absolute atomic E-state index is 12.5. The molecule has 1 fully saturated rings. The quantitative estimate of drug-likeness (QED) is 0.681. The summed E-state index contributed by atoms with van der Waals surface area (Å²) in [7, 11) is 0. The Bertz CT molecular complexity index is 1070. The Kier molecular flexibility index (Phi) is 6.16. The monoisotopic (exact) mass is 416 g/mol. The second-order valence-electron chi connectivity index (χ2n) is 7.57. The van der Waals surface area contributed by atoms with E-state index in [-0.39, 0.29) is 11.9 Å². The van der Waals surface area contributed by atoms with E-state index in [1.54, 1.807) is 30.7 Å². The van der Waals surface area contributed by atoms with E-state index in [9.17, 15) is 4.79 Å². The molecule has 1 unspecified atom stereocenters. The highest BCUT2D eigenvalue weighted by Crippen LogP contribution is 2.27. The molecule has 0 radical (unpaired) electrons. The Morgan fingerprint density at radius 3 is 2.81 bits per heavy atom. The van der Waals surface area contributed by atoms with Crippen LogP contribution < -0.4 is 10.1 Å². The van der Waals surface area contributed by atoms with Crippen LogP contribution in [0.4, 0.5) is 10.6 Å². The number of likely N-dealkylation sites (tertiary alicyclic amines) is 1. The fourth-order valence-corrected chi connectivity index (χ4v) is 3.43. The molecule has 1 aliphatic rings. The maximum Gasteiger partial charge on any atom is 0.323 e. The summed E-state index contributed by atoms with van der Waals surface area (Å²) < 4.78 is 5.77. The van der Waals surface area contributed by atoms with E-state index >= 15 is 0 Å². The second-order valence-corrected chi connectivity index (χ2v) is 7.57. The Morgan fingerprint density at radius 1 is 1.23 bits per heavy atom. The first-order chi connectivity index (χ1) is 15.1. The SMILES string of the molecule is Cc1cnc(Oc2cccc(C=C3CCN(C(=O)Nc4cccnn4)CC3C)c2)nc1. The lowest BCUT2D eigenvalue weighted by Crippen LogP contribution is -2.42. The molecular formula is C23H24N6O2. The van der Waals surface area contributed by atoms with Crippen molar-refractivity contribution in [3.8, 4) is 11.8 Å². The molecule has 2 aromatic heterocycles. The van der Waals surface area contributed by atoms with Crippen molar-refractivity contribution in [3.63, 3.8) is 0 Å². The summed E-state index contributed by atoms with van der Waals surface area (Å²) in [5, 5.41) is 10.5. The van der Waals surface area contributed by atoms with Gasteiger partial charge in [0.25, 0.3) is 0 Å². The Balaban J connectivity index is 1.39. The largest absolute Gasteiger partial charge is 0.424 e. The number of amides is 2. The van der Waals surface area contributed by atoms with Crippen LogP contribution in [0.25, 0.3) is 6.08 Å². The zero-order chi connectivity index (χ0) is 21.6. The average Bonchev–Trinajstić information content (AvgIpc) is 2.78. The van der Waals surface area contributed by atoms with E-state index < -0.39 is 0 Å². The van der Waals surface area contributed by atoms with Crippen LogP contribution in [-0.2, 0) is 0 Å². The predicted molar refractivity (Wildman–Crippen MR) is 118 cm³/mol. The Morgan fingerprint density at radius 2 is 2.06 bits per heavy atom. The number of nitrogens with one attached hydrogen (secondary N) is 1. The van der Waals surface area contributed by atoms with Gasteiger partial charge >= 0.3 is 12.0 Å². The van der Waals surface area contributed by atoms with Gasteiger partial charge in [-0.15, -0.1) is 5.10 Å². The highest BCUT2D eigenvalue weighted by Gasteiger charge is 2.24. The number of urea groups is 1. The second kappa shape index (κ2) is 9.34. The smallest absolute Gasteiger partial charge is 0.323 e. The van der Waals surface area contributed by atoms with Gasteiger partial charge in [0.2, 0.25) is 0 Å². The molecule has 3 aromatic rings. The summed E-state index contributed by atoms with van der Waals surface area (Å²) in [4.78, 5) is 22.7. The minimum atomic E-state index is -0.153. The number of aromatic nitrogens is 4. The number of carbonyl (C=O) groups is 1. The molecule has 0 spiro atoms. The van der Waals surface area contributed by atoms with Crippen LogP contribution in [0.3, 0.4) is 0 Å². The molecule has 4 rings (SSSR count). The summed E-state index contributed by atoms with van der Waals surface area (Å²) >= 11 is 0. The van der Waals surface area contributed by atoms with Crippen molar-refractivity contribution in [1.82, 2.24) is 25.1 Å². The molecule has 8 heteroatoms. The number of rotatable bonds is 4. The van der Waals surface area contributed by atoms with Gasteiger partial charge in [0.05, 0.1) is 0 Å². The molecular weight excluding hydrogens is 392 g/mol. The number of benzene rings is 1. The summed E-state index contributed by atoms with van der Waals surface area (Å²) in [6, 6.07) is 11.5. The minimum Gasteiger partial charge on any atom is -0.424 e. The van der Waals surface area contributed by atoms with Gasteiger partial charge in [0.15, 0.2) is 5.82 Å². The van der Waals surface area contributed by atoms with Crippen LogP contribution in [0, 0.1) is 12.8 Å². The van der Waals surface area contributed by atoms with E-state index in [2.05, 4.69) is 38.5 Å². The number of piperidine rings is 1. The number of ether oxygens (including phenoxy) is 1. The fourth-order valence-electron chi connectivity index (χ4n) is 3.43. The lowest BCUT2D eigenvalue weighted by atomic mass is 9.91. The van der Waals surface area contributed by atoms with Crippen molar-refractivity contribution < 1.29 is 9.53 Å². The number of aryl methyl sites for hydroxylation is 1. The number of nitrogens with zero attached hydrogens (tertiary/aromatic N) is 5. The van der Waals surface area contributed by atoms with E-state index in [4.69, 9.17) is 4.74 Å². The van der Waals surface area contributed by atoms with Gasteiger partial charge in [-0.05, 0) is 54.7 Å². The van der Waals surface area contributed by atoms with Gasteiger partial charge in [-0.25, -0.2) is 14.8 Å². The van der Waals surface area contributed by atoms with Gasteiger partial charge in [0.1, 0.15) is 5.75 Å². The van der Waals surface area contributed by atoms with E-state index in [0.29, 0.717) is 30.7 Å². The summed E-state index contributed by atoms with van der Waals surface area (Å²) in [6.07, 6.45) is 8.00. The fraction of sp³-hybridized carbons (Fsp3) is 0.261. The van der Waals surface area contributed by atoms with Crippen molar-refractivity contribution >= 4 is 17.9 Å². The van der Waals surface area contributed by atoms with Crippen LogP contribution in [0.2, 0.25) is 0 Å². The number of hydrogen-bond acceptors (Lipinski definition) is 6. The van der Waals surface area contributed by atoms with Gasteiger partial charge < -0.3 is 9.64 Å². The molecule has 158 valence electrons. The van der Waals surface area contributed by atoms with Gasteiger partial charge in [0, 0.05) is 31.7 Å². The summed E-state index contributed by atoms with van der Waals surface area (Å²) in [5.74, 6) is 1.38. The van der Waals surface area contributed by atoms with Crippen LogP contribution in [0.1, 0.15) is 24.5 Å². The number of carbonyl (C=O) groups excluding carboxylic acids is 1. The molecule has 1 saturated heterocycles. The molecule has 3 heterocycles. The first-order valence-electron chi connectivity index (χ1n) is 10.2. The normalized spacial score (nSPS) is 17.4. The third-order valence-electron chi connectivity index (χ3n) is 5.07. The molecule has 1 N–H and O–H groups in total. The summed E-state index contributed by atoms with van der Waals surface area (Å²) in [5.41, 5.74) is 3.33. The lowest BCUT2D eigenvalue weighted by molar-refractivity contribution is 0.197. The Hall–Kier alpha value is -3.81. The van der Waals surface area contributed by atoms with Crippen molar-refractivity contribution in [2.45, 2.75) is 20.3 Å². The average molecular weight is 416 g/mol. The molecule has 0 aliphatic carbocycles. The van der Waals surface area contributed by atoms with Crippen molar-refractivity contribution in [3.05, 3.63) is 71.7 Å². The van der Waals surface area contributed by atoms with Crippen molar-refractivity contribution in [2.24, 2.45) is 5.92 Å². The van der Waals surface area contributed by atoms with Crippen LogP contribution in [0.5, 0.6) is 11.8 Å². The highest BCUT2D eigenvalue weighted by molar-refractivity contribution is 5.88. The minimum absolute atomic E-state index is 0.153. The molecule has 0 bridgehead atoms. The van der Waals surface area contributed by atoms with Crippen molar-refractivity contribution in [1.29, 1.82) is 0 Å².